The van der Waals surface area contributed by atoms with Crippen LogP contribution in [-0.2, 0) is 28.9 Å². The highest BCUT2D eigenvalue weighted by Crippen LogP contribution is 2.22. The molecule has 1 aromatic carbocycles. The summed E-state index contributed by atoms with van der Waals surface area (Å²) in [6, 6.07) is 6.74. The van der Waals surface area contributed by atoms with Crippen LogP contribution in [0.4, 0.5) is 0 Å². The van der Waals surface area contributed by atoms with Crippen molar-refractivity contribution in [2.45, 2.75) is 39.2 Å². The van der Waals surface area contributed by atoms with Crippen LogP contribution in [0.25, 0.3) is 0 Å². The Morgan fingerprint density at radius 2 is 2.00 bits per heavy atom. The van der Waals surface area contributed by atoms with Crippen LogP contribution < -0.4 is 0 Å². The van der Waals surface area contributed by atoms with E-state index in [0.717, 1.165) is 6.54 Å². The second-order valence-corrected chi connectivity index (χ2v) is 5.29. The predicted octanol–water partition coefficient (Wildman–Crippen LogP) is 2.56. The molecule has 0 atom stereocenters. The minimum atomic E-state index is -0.150. The lowest BCUT2D eigenvalue weighted by molar-refractivity contribution is -0.144. The number of esters is 1. The van der Waals surface area contributed by atoms with Crippen molar-refractivity contribution in [1.29, 1.82) is 0 Å². The van der Waals surface area contributed by atoms with E-state index in [2.05, 4.69) is 18.2 Å². The zero-order chi connectivity index (χ0) is 13.7. The van der Waals surface area contributed by atoms with Gasteiger partial charge in [-0.05, 0) is 56.3 Å². The van der Waals surface area contributed by atoms with Crippen molar-refractivity contribution >= 4 is 5.97 Å². The molecule has 1 aromatic rings. The van der Waals surface area contributed by atoms with Gasteiger partial charge in [0.1, 0.15) is 0 Å². The number of hydrogen-bond acceptors (Lipinski definition) is 3. The van der Waals surface area contributed by atoms with Crippen LogP contribution in [-0.4, -0.2) is 31.1 Å². The van der Waals surface area contributed by atoms with Gasteiger partial charge >= 0.3 is 5.97 Å². The fourth-order valence-corrected chi connectivity index (χ4v) is 2.68. The van der Waals surface area contributed by atoms with Gasteiger partial charge in [-0.25, -0.2) is 0 Å². The van der Waals surface area contributed by atoms with Crippen LogP contribution in [0.5, 0.6) is 0 Å². The van der Waals surface area contributed by atoms with Gasteiger partial charge in [-0.15, -0.1) is 0 Å². The number of rotatable bonds is 5. The van der Waals surface area contributed by atoms with Crippen molar-refractivity contribution in [2.75, 3.05) is 20.2 Å². The molecule has 0 N–H and O–H groups in total. The Kier molecular flexibility index (Phi) is 4.97. The number of carbonyl (C=O) groups excluding carboxylic acids is 1. The van der Waals surface area contributed by atoms with E-state index in [1.807, 2.05) is 18.9 Å². The number of nitrogens with zero attached hydrogens (tertiary/aromatic N) is 1. The molecule has 0 unspecified atom stereocenters. The van der Waals surface area contributed by atoms with Gasteiger partial charge in [-0.1, -0.05) is 18.2 Å². The highest BCUT2D eigenvalue weighted by molar-refractivity contribution is 5.71. The fourth-order valence-electron chi connectivity index (χ4n) is 2.68. The molecule has 1 aliphatic rings. The summed E-state index contributed by atoms with van der Waals surface area (Å²) in [5.74, 6) is -0.150. The molecule has 0 amide bonds. The number of likely N-dealkylation sites (N-methyl/N-ethyl adjacent to an activating group) is 1. The highest BCUT2D eigenvalue weighted by Gasteiger charge is 2.11. The first-order valence-corrected chi connectivity index (χ1v) is 7.14. The molecule has 0 aliphatic heterocycles. The molecule has 1 aliphatic carbocycles. The molecule has 0 heterocycles. The van der Waals surface area contributed by atoms with E-state index >= 15 is 0 Å². The summed E-state index contributed by atoms with van der Waals surface area (Å²) in [7, 11) is 1.95. The van der Waals surface area contributed by atoms with Crippen LogP contribution in [0.2, 0.25) is 0 Å². The lowest BCUT2D eigenvalue weighted by Gasteiger charge is -2.19. The van der Waals surface area contributed by atoms with Crippen molar-refractivity contribution in [3.8, 4) is 0 Å². The number of benzene rings is 1. The Hall–Kier alpha value is -1.35. The van der Waals surface area contributed by atoms with E-state index in [-0.39, 0.29) is 5.97 Å². The summed E-state index contributed by atoms with van der Waals surface area (Å²) in [5.41, 5.74) is 4.28. The molecule has 2 rings (SSSR count). The van der Waals surface area contributed by atoms with Gasteiger partial charge in [0, 0.05) is 6.54 Å². The molecule has 19 heavy (non-hydrogen) atoms. The molecule has 0 saturated carbocycles. The molecular weight excluding hydrogens is 238 g/mol. The Morgan fingerprint density at radius 1 is 1.26 bits per heavy atom. The van der Waals surface area contributed by atoms with Gasteiger partial charge in [0.25, 0.3) is 0 Å². The Balaban J connectivity index is 1.93. The third-order valence-electron chi connectivity index (χ3n) is 3.57. The van der Waals surface area contributed by atoms with Crippen LogP contribution in [0.15, 0.2) is 18.2 Å². The van der Waals surface area contributed by atoms with Crippen LogP contribution >= 0.6 is 0 Å². The molecule has 3 heteroatoms. The number of hydrogen-bond donors (Lipinski definition) is 0. The molecule has 104 valence electrons. The third-order valence-corrected chi connectivity index (χ3v) is 3.57. The third kappa shape index (κ3) is 4.06. The number of fused-ring (bicyclic) bond motifs is 1. The lowest BCUT2D eigenvalue weighted by Crippen LogP contribution is -2.27. The summed E-state index contributed by atoms with van der Waals surface area (Å²) in [6.45, 7) is 3.43. The minimum Gasteiger partial charge on any atom is -0.465 e. The first-order chi connectivity index (χ1) is 9.19. The second kappa shape index (κ2) is 6.71. The van der Waals surface area contributed by atoms with E-state index in [4.69, 9.17) is 4.74 Å². The Labute approximate surface area is 115 Å². The number of aryl methyl sites for hydroxylation is 2. The zero-order valence-electron chi connectivity index (χ0n) is 11.9. The van der Waals surface area contributed by atoms with E-state index in [9.17, 15) is 4.79 Å². The average molecular weight is 261 g/mol. The molecule has 0 bridgehead atoms. The Morgan fingerprint density at radius 3 is 2.74 bits per heavy atom. The standard InChI is InChI=1S/C16H23NO2/c1-3-19-16(18)12-17(2)11-13-8-9-14-6-4-5-7-15(14)10-13/h8-10H,3-7,11-12H2,1-2H3. The summed E-state index contributed by atoms with van der Waals surface area (Å²) in [5, 5.41) is 0. The summed E-state index contributed by atoms with van der Waals surface area (Å²) < 4.78 is 4.96. The number of carbonyl (C=O) groups is 1. The quantitative estimate of drug-likeness (QED) is 0.763. The van der Waals surface area contributed by atoms with E-state index in [0.29, 0.717) is 13.2 Å². The Bertz CT molecular complexity index is 442. The van der Waals surface area contributed by atoms with Gasteiger partial charge in [-0.3, -0.25) is 9.69 Å². The predicted molar refractivity (Wildman–Crippen MR) is 76.1 cm³/mol. The van der Waals surface area contributed by atoms with Crippen molar-refractivity contribution in [3.63, 3.8) is 0 Å². The molecular formula is C16H23NO2. The molecule has 0 spiro atoms. The monoisotopic (exact) mass is 261 g/mol. The first kappa shape index (κ1) is 14.1. The maximum Gasteiger partial charge on any atom is 0.320 e. The average Bonchev–Trinajstić information content (AvgIpc) is 2.38. The van der Waals surface area contributed by atoms with Crippen LogP contribution in [0.3, 0.4) is 0 Å². The normalized spacial score (nSPS) is 14.3. The van der Waals surface area contributed by atoms with Crippen LogP contribution in [0.1, 0.15) is 36.5 Å². The largest absolute Gasteiger partial charge is 0.465 e. The smallest absolute Gasteiger partial charge is 0.320 e. The summed E-state index contributed by atoms with van der Waals surface area (Å²) in [4.78, 5) is 13.4. The van der Waals surface area contributed by atoms with Gasteiger partial charge < -0.3 is 4.74 Å². The van der Waals surface area contributed by atoms with E-state index < -0.39 is 0 Å². The molecule has 3 nitrogen and oxygen atoms in total. The first-order valence-electron chi connectivity index (χ1n) is 7.14. The van der Waals surface area contributed by atoms with Crippen molar-refractivity contribution < 1.29 is 9.53 Å². The van der Waals surface area contributed by atoms with Crippen molar-refractivity contribution in [2.24, 2.45) is 0 Å². The topological polar surface area (TPSA) is 29.5 Å². The van der Waals surface area contributed by atoms with E-state index in [1.54, 1.807) is 0 Å². The molecule has 0 radical (unpaired) electrons. The van der Waals surface area contributed by atoms with Crippen molar-refractivity contribution in [3.05, 3.63) is 34.9 Å². The van der Waals surface area contributed by atoms with E-state index in [1.165, 1.54) is 42.4 Å². The van der Waals surface area contributed by atoms with Gasteiger partial charge in [0.05, 0.1) is 13.2 Å². The zero-order valence-corrected chi connectivity index (χ0v) is 11.9. The van der Waals surface area contributed by atoms with Crippen molar-refractivity contribution in [1.82, 2.24) is 4.90 Å². The molecule has 0 saturated heterocycles. The van der Waals surface area contributed by atoms with Gasteiger partial charge in [0.15, 0.2) is 0 Å². The summed E-state index contributed by atoms with van der Waals surface area (Å²) in [6.07, 6.45) is 5.03. The SMILES string of the molecule is CCOC(=O)CN(C)Cc1ccc2c(c1)CCCC2. The highest BCUT2D eigenvalue weighted by atomic mass is 16.5. The molecule has 0 fully saturated rings. The summed E-state index contributed by atoms with van der Waals surface area (Å²) >= 11 is 0. The van der Waals surface area contributed by atoms with Crippen LogP contribution in [0, 0.1) is 0 Å². The lowest BCUT2D eigenvalue weighted by atomic mass is 9.90. The number of ether oxygens (including phenoxy) is 1. The molecule has 0 aromatic heterocycles. The fraction of sp³-hybridized carbons (Fsp3) is 0.562. The maximum absolute atomic E-state index is 11.4. The van der Waals surface area contributed by atoms with Gasteiger partial charge in [-0.2, -0.15) is 0 Å². The maximum atomic E-state index is 11.4. The minimum absolute atomic E-state index is 0.150. The van der Waals surface area contributed by atoms with Gasteiger partial charge in [0.2, 0.25) is 0 Å². The second-order valence-electron chi connectivity index (χ2n) is 5.29.